The molecule has 0 spiro atoms. The Hall–Kier alpha value is -4.47. The second-order valence-corrected chi connectivity index (χ2v) is 11.4. The number of aromatic carboxylic acids is 1. The van der Waals surface area contributed by atoms with Gasteiger partial charge in [0.15, 0.2) is 11.4 Å². The molecule has 15 heteroatoms. The van der Waals surface area contributed by atoms with Crippen molar-refractivity contribution < 1.29 is 40.3 Å². The van der Waals surface area contributed by atoms with Gasteiger partial charge in [-0.05, 0) is 53.6 Å². The minimum absolute atomic E-state index is 0.0264. The maximum absolute atomic E-state index is 14.8. The highest BCUT2D eigenvalue weighted by Gasteiger charge is 2.41. The van der Waals surface area contributed by atoms with Crippen LogP contribution in [0.15, 0.2) is 77.0 Å². The normalized spacial score (nSPS) is 12.0. The van der Waals surface area contributed by atoms with Gasteiger partial charge < -0.3 is 5.11 Å². The number of nitrogens with zero attached hydrogens (tertiary/aromatic N) is 3. The smallest absolute Gasteiger partial charge is 0.433 e. The van der Waals surface area contributed by atoms with E-state index in [0.29, 0.717) is 16.0 Å². The van der Waals surface area contributed by atoms with Gasteiger partial charge in [-0.2, -0.15) is 18.3 Å². The largest absolute Gasteiger partial charge is 0.476 e. The fourth-order valence-electron chi connectivity index (χ4n) is 4.26. The van der Waals surface area contributed by atoms with Gasteiger partial charge in [-0.25, -0.2) is 36.8 Å². The molecule has 5 rings (SSSR count). The SMILES string of the molecule is NS(=O)(=O)c1ccc(Cc2c(-c3ccc(F)c(-c4ccc(F)cc4)c3)nn(-c3nc(C(=O)O)cs3)c2C(F)(F)F)cc1. The molecule has 0 aliphatic carbocycles. The minimum atomic E-state index is -5.02. The van der Waals surface area contributed by atoms with Crippen LogP contribution in [0.1, 0.15) is 27.3 Å². The van der Waals surface area contributed by atoms with Crippen molar-refractivity contribution in [2.75, 3.05) is 0 Å². The Bertz CT molecular complexity index is 1920. The van der Waals surface area contributed by atoms with Crippen molar-refractivity contribution in [3.8, 4) is 27.5 Å². The first kappa shape index (κ1) is 29.0. The van der Waals surface area contributed by atoms with Gasteiger partial charge >= 0.3 is 12.1 Å². The summed E-state index contributed by atoms with van der Waals surface area (Å²) in [4.78, 5) is 14.9. The average Bonchev–Trinajstić information content (AvgIpc) is 3.55. The molecule has 0 radical (unpaired) electrons. The van der Waals surface area contributed by atoms with Crippen LogP contribution in [0, 0.1) is 11.6 Å². The molecule has 0 fully saturated rings. The summed E-state index contributed by atoms with van der Waals surface area (Å²) < 4.78 is 96.1. The summed E-state index contributed by atoms with van der Waals surface area (Å²) >= 11 is 0.626. The van der Waals surface area contributed by atoms with Crippen molar-refractivity contribution in [2.45, 2.75) is 17.5 Å². The molecule has 8 nitrogen and oxygen atoms in total. The number of sulfonamides is 1. The van der Waals surface area contributed by atoms with Crippen LogP contribution in [-0.4, -0.2) is 34.3 Å². The topological polar surface area (TPSA) is 128 Å². The third-order valence-electron chi connectivity index (χ3n) is 6.17. The Morgan fingerprint density at radius 2 is 1.62 bits per heavy atom. The van der Waals surface area contributed by atoms with Gasteiger partial charge in [0.2, 0.25) is 15.2 Å². The standard InChI is InChI=1S/C27H17F5N4O4S2/c28-17-6-3-15(4-7-17)19-12-16(5-10-21(19)29)23-20(11-14-1-8-18(9-2-14)42(33,39)40)24(27(30,31)32)36(35-23)26-34-22(13-41-26)25(37)38/h1-10,12-13H,11H2,(H,37,38)(H2,33,39,40). The lowest BCUT2D eigenvalue weighted by Crippen LogP contribution is -2.16. The molecule has 3 N–H and O–H groups in total. The van der Waals surface area contributed by atoms with E-state index in [4.69, 9.17) is 5.14 Å². The zero-order chi connectivity index (χ0) is 30.4. The summed E-state index contributed by atoms with van der Waals surface area (Å²) in [6.45, 7) is 0. The lowest BCUT2D eigenvalue weighted by atomic mass is 9.96. The number of carbonyl (C=O) groups is 1. The number of aromatic nitrogens is 3. The van der Waals surface area contributed by atoms with Gasteiger partial charge in [0, 0.05) is 28.5 Å². The quantitative estimate of drug-likeness (QED) is 0.218. The number of primary sulfonamides is 1. The van der Waals surface area contributed by atoms with Crippen LogP contribution >= 0.6 is 11.3 Å². The van der Waals surface area contributed by atoms with E-state index in [1.807, 2.05) is 0 Å². The molecule has 0 unspecified atom stereocenters. The van der Waals surface area contributed by atoms with E-state index < -0.39 is 51.6 Å². The van der Waals surface area contributed by atoms with E-state index >= 15 is 0 Å². The highest BCUT2D eigenvalue weighted by Crippen LogP contribution is 2.41. The predicted octanol–water partition coefficient (Wildman–Crippen LogP) is 5.90. The molecule has 0 bridgehead atoms. The van der Waals surface area contributed by atoms with Crippen molar-refractivity contribution in [1.29, 1.82) is 0 Å². The average molecular weight is 621 g/mol. The van der Waals surface area contributed by atoms with Crippen molar-refractivity contribution in [3.63, 3.8) is 0 Å². The molecule has 0 amide bonds. The molecule has 3 aromatic carbocycles. The van der Waals surface area contributed by atoms with Gasteiger partial charge in [-0.15, -0.1) is 11.3 Å². The summed E-state index contributed by atoms with van der Waals surface area (Å²) in [5.74, 6) is -2.73. The van der Waals surface area contributed by atoms with Crippen LogP contribution in [0.25, 0.3) is 27.5 Å². The van der Waals surface area contributed by atoms with E-state index in [1.165, 1.54) is 36.4 Å². The molecule has 0 aliphatic heterocycles. The first-order chi connectivity index (χ1) is 19.7. The van der Waals surface area contributed by atoms with Crippen LogP contribution in [0.4, 0.5) is 22.0 Å². The summed E-state index contributed by atoms with van der Waals surface area (Å²) in [7, 11) is -4.06. The van der Waals surface area contributed by atoms with Gasteiger partial charge in [-0.1, -0.05) is 24.3 Å². The second-order valence-electron chi connectivity index (χ2n) is 8.97. The maximum atomic E-state index is 14.8. The van der Waals surface area contributed by atoms with Crippen LogP contribution in [0.5, 0.6) is 0 Å². The van der Waals surface area contributed by atoms with E-state index in [9.17, 15) is 40.3 Å². The zero-order valence-electron chi connectivity index (χ0n) is 20.9. The fourth-order valence-corrected chi connectivity index (χ4v) is 5.53. The number of carboxylic acid groups (broad SMARTS) is 1. The summed E-state index contributed by atoms with van der Waals surface area (Å²) in [6, 6.07) is 13.3. The summed E-state index contributed by atoms with van der Waals surface area (Å²) in [5, 5.41) is 19.2. The lowest BCUT2D eigenvalue weighted by molar-refractivity contribution is -0.143. The molecular weight excluding hydrogens is 603 g/mol. The van der Waals surface area contributed by atoms with Crippen LogP contribution in [-0.2, 0) is 22.6 Å². The highest BCUT2D eigenvalue weighted by molar-refractivity contribution is 7.89. The van der Waals surface area contributed by atoms with Gasteiger partial charge in [0.05, 0.1) is 10.6 Å². The Morgan fingerprint density at radius 1 is 0.976 bits per heavy atom. The Kier molecular flexibility index (Phi) is 7.42. The number of thiazole rings is 1. The van der Waals surface area contributed by atoms with Crippen molar-refractivity contribution >= 4 is 27.3 Å². The summed E-state index contributed by atoms with van der Waals surface area (Å²) in [6.07, 6.45) is -5.43. The third-order valence-corrected chi connectivity index (χ3v) is 7.92. The first-order valence-electron chi connectivity index (χ1n) is 11.8. The van der Waals surface area contributed by atoms with E-state index in [0.717, 1.165) is 35.7 Å². The zero-order valence-corrected chi connectivity index (χ0v) is 22.6. The maximum Gasteiger partial charge on any atom is 0.433 e. The number of alkyl halides is 3. The number of halogens is 5. The minimum Gasteiger partial charge on any atom is -0.476 e. The third kappa shape index (κ3) is 5.79. The Balaban J connectivity index is 1.74. The Labute approximate surface area is 238 Å². The van der Waals surface area contributed by atoms with Crippen molar-refractivity contribution in [3.05, 3.63) is 106 Å². The fraction of sp³-hybridized carbons (Fsp3) is 0.0741. The van der Waals surface area contributed by atoms with E-state index in [-0.39, 0.29) is 43.5 Å². The van der Waals surface area contributed by atoms with Crippen molar-refractivity contribution in [1.82, 2.24) is 14.8 Å². The number of nitrogens with two attached hydrogens (primary N) is 1. The van der Waals surface area contributed by atoms with E-state index in [2.05, 4.69) is 10.1 Å². The molecule has 216 valence electrons. The molecule has 5 aromatic rings. The first-order valence-corrected chi connectivity index (χ1v) is 14.2. The predicted molar refractivity (Wildman–Crippen MR) is 143 cm³/mol. The molecule has 0 saturated heterocycles. The Morgan fingerprint density at radius 3 is 2.19 bits per heavy atom. The number of hydrogen-bond acceptors (Lipinski definition) is 6. The molecule has 2 aromatic heterocycles. The molecule has 42 heavy (non-hydrogen) atoms. The molecule has 0 saturated carbocycles. The monoisotopic (exact) mass is 620 g/mol. The number of hydrogen-bond donors (Lipinski definition) is 2. The number of benzene rings is 3. The molecule has 2 heterocycles. The summed E-state index contributed by atoms with van der Waals surface area (Å²) in [5.41, 5.74) is -1.75. The van der Waals surface area contributed by atoms with E-state index in [1.54, 1.807) is 0 Å². The highest BCUT2D eigenvalue weighted by atomic mass is 32.2. The molecular formula is C27H17F5N4O4S2. The molecule has 0 atom stereocenters. The lowest BCUT2D eigenvalue weighted by Gasteiger charge is -2.12. The van der Waals surface area contributed by atoms with Crippen LogP contribution in [0.3, 0.4) is 0 Å². The van der Waals surface area contributed by atoms with Gasteiger partial charge in [-0.3, -0.25) is 0 Å². The number of carboxylic acids is 1. The van der Waals surface area contributed by atoms with Gasteiger partial charge in [0.1, 0.15) is 11.6 Å². The molecule has 0 aliphatic rings. The van der Waals surface area contributed by atoms with Crippen molar-refractivity contribution in [2.24, 2.45) is 5.14 Å². The number of rotatable bonds is 7. The van der Waals surface area contributed by atoms with Gasteiger partial charge in [0.25, 0.3) is 0 Å². The second kappa shape index (κ2) is 10.7. The van der Waals surface area contributed by atoms with Crippen LogP contribution < -0.4 is 5.14 Å². The van der Waals surface area contributed by atoms with Crippen LogP contribution in [0.2, 0.25) is 0 Å².